The van der Waals surface area contributed by atoms with Gasteiger partial charge in [0, 0.05) is 32.5 Å². The van der Waals surface area contributed by atoms with Gasteiger partial charge in [0.15, 0.2) is 9.84 Å². The van der Waals surface area contributed by atoms with Crippen LogP contribution in [0.2, 0.25) is 0 Å². The van der Waals surface area contributed by atoms with Crippen LogP contribution in [0.15, 0.2) is 59.5 Å². The number of aliphatic hydroxyl groups is 1. The number of methoxy groups -OCH3 is 1. The van der Waals surface area contributed by atoms with Crippen molar-refractivity contribution in [2.75, 3.05) is 26.0 Å². The van der Waals surface area contributed by atoms with Crippen LogP contribution in [-0.2, 0) is 38.3 Å². The molecule has 2 amide bonds. The summed E-state index contributed by atoms with van der Waals surface area (Å²) in [4.78, 5) is 26.5. The van der Waals surface area contributed by atoms with Crippen LogP contribution in [0.25, 0.3) is 0 Å². The zero-order valence-corrected chi connectivity index (χ0v) is 32.1. The molecular weight excluding hydrogens is 690 g/mol. The minimum Gasteiger partial charge on any atom is -0.444 e. The van der Waals surface area contributed by atoms with Crippen LogP contribution < -0.4 is 0 Å². The monoisotopic (exact) mass is 747 g/mol. The number of hydrogen-bond acceptors (Lipinski definition) is 11. The van der Waals surface area contributed by atoms with Crippen LogP contribution >= 0.6 is 0 Å². The van der Waals surface area contributed by atoms with Gasteiger partial charge in [0.2, 0.25) is 0 Å². The molecule has 4 aliphatic heterocycles. The average Bonchev–Trinajstić information content (AvgIpc) is 3.73. The van der Waals surface area contributed by atoms with Crippen LogP contribution in [0, 0.1) is 11.8 Å². The van der Waals surface area contributed by atoms with Gasteiger partial charge in [-0.05, 0) is 88.5 Å². The van der Waals surface area contributed by atoms with Gasteiger partial charge in [0.1, 0.15) is 11.7 Å². The lowest BCUT2D eigenvalue weighted by molar-refractivity contribution is -0.0766. The molecule has 0 aliphatic carbocycles. The van der Waals surface area contributed by atoms with Gasteiger partial charge in [-0.1, -0.05) is 38.3 Å². The van der Waals surface area contributed by atoms with E-state index in [2.05, 4.69) is 20.1 Å². The molecule has 13 heteroatoms. The quantitative estimate of drug-likeness (QED) is 0.223. The predicted octanol–water partition coefficient (Wildman–Crippen LogP) is 6.01. The maximum absolute atomic E-state index is 13.8. The first kappa shape index (κ1) is 40.4. The number of aliphatic hydroxyl groups excluding tert-OH is 1. The van der Waals surface area contributed by atoms with E-state index in [1.807, 2.05) is 0 Å². The number of ether oxygens (including phenoxy) is 6. The topological polar surface area (TPSA) is 147 Å². The Morgan fingerprint density at radius 3 is 2.37 bits per heavy atom. The summed E-state index contributed by atoms with van der Waals surface area (Å²) < 4.78 is 64.1. The molecule has 1 aromatic rings. The molecule has 12 nitrogen and oxygen atoms in total. The second kappa shape index (κ2) is 17.1. The minimum absolute atomic E-state index is 0.0251. The second-order valence-electron chi connectivity index (χ2n) is 15.8. The zero-order valence-electron chi connectivity index (χ0n) is 31.2. The Labute approximate surface area is 308 Å². The van der Waals surface area contributed by atoms with Gasteiger partial charge in [-0.25, -0.2) is 22.9 Å². The molecular formula is C39H57NO11S. The molecule has 4 aliphatic rings. The Morgan fingerprint density at radius 2 is 1.69 bits per heavy atom. The second-order valence-corrected chi connectivity index (χ2v) is 17.8. The van der Waals surface area contributed by atoms with E-state index in [-0.39, 0.29) is 60.6 Å². The first-order chi connectivity index (χ1) is 24.6. The highest BCUT2D eigenvalue weighted by atomic mass is 32.2. The molecule has 0 bridgehead atoms. The van der Waals surface area contributed by atoms with Gasteiger partial charge in [-0.15, -0.1) is 0 Å². The molecule has 1 aromatic carbocycles. The molecule has 290 valence electrons. The first-order valence-corrected chi connectivity index (χ1v) is 20.2. The van der Waals surface area contributed by atoms with E-state index in [4.69, 9.17) is 28.4 Å². The smallest absolute Gasteiger partial charge is 0.419 e. The number of rotatable bonds is 14. The summed E-state index contributed by atoms with van der Waals surface area (Å²) in [6.07, 6.45) is 0.692. The van der Waals surface area contributed by atoms with Crippen molar-refractivity contribution in [1.29, 1.82) is 0 Å². The van der Waals surface area contributed by atoms with Gasteiger partial charge in [-0.3, -0.25) is 0 Å². The Hall–Kier alpha value is -2.81. The fraction of sp³-hybridized carbons (Fsp3) is 0.692. The molecule has 0 saturated carbocycles. The fourth-order valence-corrected chi connectivity index (χ4v) is 9.60. The van der Waals surface area contributed by atoms with E-state index in [1.54, 1.807) is 51.1 Å². The molecule has 4 fully saturated rings. The van der Waals surface area contributed by atoms with E-state index >= 15 is 0 Å². The molecule has 4 saturated heterocycles. The van der Waals surface area contributed by atoms with E-state index in [1.165, 1.54) is 7.11 Å². The lowest BCUT2D eigenvalue weighted by atomic mass is 9.83. The standard InChI is InChI=1S/C39H57NO11S/c1-24-18-28(15-16-32-25(2)19-27(47-32)12-11-17-41)48-33(26(24)3)21-34-31(23-52(44,45)30-13-9-8-10-14-30)36(46-7)35(50-34)20-29-22-40(37(42)49-29)38(43)51-39(4,5)6/h8-10,13-14,24,27-29,31-36,41H,2-3,11-12,15-23H2,1,4-7H3/t24-,27+,28+,29+,31+,32+,33-,34+,35-,36-/m1/s1. The summed E-state index contributed by atoms with van der Waals surface area (Å²) in [5, 5.41) is 9.22. The van der Waals surface area contributed by atoms with Crippen molar-refractivity contribution >= 4 is 22.0 Å². The number of carbonyl (C=O) groups is 2. The van der Waals surface area contributed by atoms with E-state index < -0.39 is 58.0 Å². The number of amides is 2. The van der Waals surface area contributed by atoms with Gasteiger partial charge in [-0.2, -0.15) is 0 Å². The lowest BCUT2D eigenvalue weighted by Gasteiger charge is -2.38. The molecule has 10 atom stereocenters. The van der Waals surface area contributed by atoms with Crippen molar-refractivity contribution in [3.05, 3.63) is 54.6 Å². The van der Waals surface area contributed by atoms with Crippen LogP contribution in [-0.4, -0.2) is 111 Å². The molecule has 52 heavy (non-hydrogen) atoms. The summed E-state index contributed by atoms with van der Waals surface area (Å²) in [7, 11) is -2.21. The molecule has 1 N–H and O–H groups in total. The number of sulfone groups is 1. The molecule has 4 heterocycles. The summed E-state index contributed by atoms with van der Waals surface area (Å²) >= 11 is 0. The molecule has 0 spiro atoms. The summed E-state index contributed by atoms with van der Waals surface area (Å²) in [6.45, 7) is 16.0. The maximum atomic E-state index is 13.8. The van der Waals surface area contributed by atoms with Crippen molar-refractivity contribution < 1.29 is 51.5 Å². The third kappa shape index (κ3) is 10.0. The van der Waals surface area contributed by atoms with E-state index in [0.29, 0.717) is 12.8 Å². The third-order valence-corrected chi connectivity index (χ3v) is 12.4. The number of nitrogens with zero attached hydrogens (tertiary/aromatic N) is 1. The summed E-state index contributed by atoms with van der Waals surface area (Å²) in [6, 6.07) is 8.32. The highest BCUT2D eigenvalue weighted by Crippen LogP contribution is 2.41. The molecule has 5 rings (SSSR count). The minimum atomic E-state index is -3.74. The Morgan fingerprint density at radius 1 is 0.981 bits per heavy atom. The lowest BCUT2D eigenvalue weighted by Crippen LogP contribution is -2.40. The van der Waals surface area contributed by atoms with Crippen LogP contribution in [0.4, 0.5) is 9.59 Å². The van der Waals surface area contributed by atoms with Crippen LogP contribution in [0.3, 0.4) is 0 Å². The summed E-state index contributed by atoms with van der Waals surface area (Å²) in [5.74, 6) is -0.619. The largest absolute Gasteiger partial charge is 0.444 e. The van der Waals surface area contributed by atoms with Gasteiger partial charge < -0.3 is 33.5 Å². The van der Waals surface area contributed by atoms with Crippen LogP contribution in [0.5, 0.6) is 0 Å². The van der Waals surface area contributed by atoms with Crippen LogP contribution in [0.1, 0.15) is 79.1 Å². The third-order valence-electron chi connectivity index (χ3n) is 10.6. The Kier molecular flexibility index (Phi) is 13.3. The zero-order chi connectivity index (χ0) is 37.8. The van der Waals surface area contributed by atoms with Crippen molar-refractivity contribution in [2.24, 2.45) is 11.8 Å². The number of benzene rings is 1. The van der Waals surface area contributed by atoms with E-state index in [9.17, 15) is 23.1 Å². The van der Waals surface area contributed by atoms with Gasteiger partial charge >= 0.3 is 12.2 Å². The average molecular weight is 748 g/mol. The van der Waals surface area contributed by atoms with Gasteiger partial charge in [0.25, 0.3) is 0 Å². The first-order valence-electron chi connectivity index (χ1n) is 18.5. The molecule has 0 radical (unpaired) electrons. The normalized spacial score (nSPS) is 32.7. The number of cyclic esters (lactones) is 1. The highest BCUT2D eigenvalue weighted by Gasteiger charge is 2.50. The van der Waals surface area contributed by atoms with Crippen molar-refractivity contribution in [2.45, 2.75) is 138 Å². The Bertz CT molecular complexity index is 1530. The highest BCUT2D eigenvalue weighted by molar-refractivity contribution is 7.91. The molecule has 0 unspecified atom stereocenters. The summed E-state index contributed by atoms with van der Waals surface area (Å²) in [5.41, 5.74) is 1.22. The number of carbonyl (C=O) groups excluding carboxylic acids is 2. The predicted molar refractivity (Wildman–Crippen MR) is 193 cm³/mol. The molecule has 0 aromatic heterocycles. The van der Waals surface area contributed by atoms with E-state index in [0.717, 1.165) is 48.2 Å². The van der Waals surface area contributed by atoms with Gasteiger partial charge in [0.05, 0.1) is 59.9 Å². The van der Waals surface area contributed by atoms with Crippen molar-refractivity contribution in [3.63, 3.8) is 0 Å². The number of imide groups is 1. The number of hydrogen-bond donors (Lipinski definition) is 1. The maximum Gasteiger partial charge on any atom is 0.419 e. The SMILES string of the molecule is C=C1C[C@H](CCCO)O[C@H]1CC[C@H]1C[C@@H](C)C(=C)[C@@H](C[C@@H]2O[C@H](C[C@H]3CN(C(=O)OC(C)(C)C)C(=O)O3)[C@H](OC)[C@H]2CS(=O)(=O)c2ccccc2)O1. The fourth-order valence-electron chi connectivity index (χ4n) is 7.93. The van der Waals surface area contributed by atoms with Crippen molar-refractivity contribution in [3.8, 4) is 0 Å². The Balaban J connectivity index is 1.30. The van der Waals surface area contributed by atoms with Crippen molar-refractivity contribution in [1.82, 2.24) is 4.90 Å².